The summed E-state index contributed by atoms with van der Waals surface area (Å²) in [4.78, 5) is 21.5. The number of benzene rings is 1. The number of nitrogens with zero attached hydrogens (tertiary/aromatic N) is 2. The number of methoxy groups -OCH3 is 3. The smallest absolute Gasteiger partial charge is 0.419 e. The van der Waals surface area contributed by atoms with E-state index in [0.717, 1.165) is 22.3 Å². The van der Waals surface area contributed by atoms with E-state index in [1.807, 2.05) is 58.9 Å². The molecular weight excluding hydrogens is 446 g/mol. The number of allylic oxidation sites excluding steroid dienone is 1. The van der Waals surface area contributed by atoms with Gasteiger partial charge in [0.25, 0.3) is 0 Å². The van der Waals surface area contributed by atoms with E-state index in [4.69, 9.17) is 23.9 Å². The summed E-state index contributed by atoms with van der Waals surface area (Å²) in [6.07, 6.45) is 3.25. The van der Waals surface area contributed by atoms with Crippen LogP contribution in [0.25, 0.3) is 17.0 Å². The summed E-state index contributed by atoms with van der Waals surface area (Å²) < 4.78 is 23.8. The largest absolute Gasteiger partial charge is 0.494 e. The molecule has 1 aromatic carbocycles. The first-order chi connectivity index (χ1) is 16.5. The fourth-order valence-electron chi connectivity index (χ4n) is 4.08. The van der Waals surface area contributed by atoms with Gasteiger partial charge in [0.2, 0.25) is 0 Å². The third kappa shape index (κ3) is 4.69. The van der Waals surface area contributed by atoms with Crippen LogP contribution in [0.15, 0.2) is 46.8 Å². The minimum absolute atomic E-state index is 0.508. The number of aryl methyl sites for hydroxylation is 2. The van der Waals surface area contributed by atoms with Crippen molar-refractivity contribution in [3.63, 3.8) is 0 Å². The number of nitrogens with one attached hydrogen (secondary N) is 1. The first-order valence-electron chi connectivity index (χ1n) is 11.3. The van der Waals surface area contributed by atoms with Gasteiger partial charge in [0.15, 0.2) is 11.5 Å². The highest BCUT2D eigenvalue weighted by Gasteiger charge is 2.27. The lowest BCUT2D eigenvalue weighted by Gasteiger charge is -2.21. The third-order valence-electron chi connectivity index (χ3n) is 5.60. The van der Waals surface area contributed by atoms with Gasteiger partial charge in [0.1, 0.15) is 17.1 Å². The number of carbonyl (C=O) groups excluding carboxylic acids is 1. The van der Waals surface area contributed by atoms with Crippen molar-refractivity contribution in [1.29, 1.82) is 0 Å². The number of fused-ring (bicyclic) bond motifs is 1. The van der Waals surface area contributed by atoms with Crippen LogP contribution in [0.2, 0.25) is 0 Å². The van der Waals surface area contributed by atoms with Gasteiger partial charge in [-0.3, -0.25) is 0 Å². The molecular formula is C27H31N3O5. The molecule has 0 bridgehead atoms. The Morgan fingerprint density at radius 2 is 1.69 bits per heavy atom. The predicted molar refractivity (Wildman–Crippen MR) is 137 cm³/mol. The van der Waals surface area contributed by atoms with Gasteiger partial charge in [-0.1, -0.05) is 0 Å². The van der Waals surface area contributed by atoms with Crippen LogP contribution in [0.4, 0.5) is 4.79 Å². The first kappa shape index (κ1) is 24.2. The van der Waals surface area contributed by atoms with Crippen molar-refractivity contribution in [2.75, 3.05) is 21.3 Å². The molecule has 0 saturated carbocycles. The molecule has 184 valence electrons. The number of H-pyrrole nitrogens is 1. The van der Waals surface area contributed by atoms with Crippen molar-refractivity contribution in [2.45, 2.75) is 40.2 Å². The zero-order valence-corrected chi connectivity index (χ0v) is 21.4. The summed E-state index contributed by atoms with van der Waals surface area (Å²) in [6, 6.07) is 7.55. The number of rotatable bonds is 5. The lowest BCUT2D eigenvalue weighted by Crippen LogP contribution is -2.28. The highest BCUT2D eigenvalue weighted by atomic mass is 16.6. The van der Waals surface area contributed by atoms with Crippen LogP contribution < -0.4 is 9.47 Å². The minimum Gasteiger partial charge on any atom is -0.494 e. The summed E-state index contributed by atoms with van der Waals surface area (Å²) in [5, 5.41) is 0.784. The van der Waals surface area contributed by atoms with E-state index in [1.165, 1.54) is 4.57 Å². The van der Waals surface area contributed by atoms with E-state index in [2.05, 4.69) is 11.1 Å². The molecule has 0 amide bonds. The number of hydrogen-bond acceptors (Lipinski definition) is 6. The molecule has 3 heterocycles. The molecule has 8 nitrogen and oxygen atoms in total. The molecule has 0 spiro atoms. The van der Waals surface area contributed by atoms with Gasteiger partial charge in [0.05, 0.1) is 38.3 Å². The van der Waals surface area contributed by atoms with Gasteiger partial charge < -0.3 is 23.9 Å². The Morgan fingerprint density at radius 1 is 1.00 bits per heavy atom. The summed E-state index contributed by atoms with van der Waals surface area (Å²) in [7, 11) is 4.73. The van der Waals surface area contributed by atoms with Crippen molar-refractivity contribution < 1.29 is 23.7 Å². The number of hydrogen-bond donors (Lipinski definition) is 1. The summed E-state index contributed by atoms with van der Waals surface area (Å²) in [5.41, 5.74) is 4.87. The maximum absolute atomic E-state index is 13.4. The van der Waals surface area contributed by atoms with Crippen LogP contribution in [-0.2, 0) is 9.47 Å². The molecule has 1 aliphatic heterocycles. The van der Waals surface area contributed by atoms with Crippen molar-refractivity contribution in [3.8, 4) is 11.5 Å². The zero-order valence-electron chi connectivity index (χ0n) is 21.4. The molecule has 0 atom stereocenters. The average Bonchev–Trinajstić information content (AvgIpc) is 3.45. The van der Waals surface area contributed by atoms with E-state index < -0.39 is 11.7 Å². The number of aromatic nitrogens is 2. The first-order valence-corrected chi connectivity index (χ1v) is 11.3. The molecule has 0 fully saturated rings. The van der Waals surface area contributed by atoms with Gasteiger partial charge in [-0.25, -0.2) is 14.4 Å². The monoisotopic (exact) mass is 477 g/mol. The van der Waals surface area contributed by atoms with Crippen molar-refractivity contribution in [1.82, 2.24) is 9.55 Å². The predicted octanol–water partition coefficient (Wildman–Crippen LogP) is 5.76. The Labute approximate surface area is 204 Å². The topological polar surface area (TPSA) is 87.1 Å². The second kappa shape index (κ2) is 9.02. The number of ether oxygens (including phenoxy) is 4. The second-order valence-corrected chi connectivity index (χ2v) is 9.40. The highest BCUT2D eigenvalue weighted by Crippen LogP contribution is 2.36. The Kier molecular flexibility index (Phi) is 6.23. The van der Waals surface area contributed by atoms with E-state index in [0.29, 0.717) is 39.9 Å². The van der Waals surface area contributed by atoms with Crippen LogP contribution in [0, 0.1) is 13.8 Å². The minimum atomic E-state index is -0.680. The summed E-state index contributed by atoms with van der Waals surface area (Å²) >= 11 is 0. The summed E-state index contributed by atoms with van der Waals surface area (Å²) in [5.74, 6) is 1.67. The number of aliphatic imine (C=N–C) groups is 1. The molecule has 0 saturated heterocycles. The molecule has 0 radical (unpaired) electrons. The maximum Gasteiger partial charge on any atom is 0.419 e. The van der Waals surface area contributed by atoms with Gasteiger partial charge >= 0.3 is 6.09 Å². The molecule has 1 N–H and O–H groups in total. The highest BCUT2D eigenvalue weighted by molar-refractivity contribution is 6.15. The van der Waals surface area contributed by atoms with Gasteiger partial charge in [-0.15, -0.1) is 0 Å². The standard InChI is InChI=1S/C27H31N3O5/c1-15-9-16(2)28-18(15)12-20-23(32-6)13-19(29-20)22-10-17-11-24(33-7)25(34-8)14-21(17)30(22)26(31)35-27(3,4)5/h9-14,28H,1-8H3. The second-order valence-electron chi connectivity index (χ2n) is 9.40. The number of carbonyl (C=O) groups is 1. The van der Waals surface area contributed by atoms with Crippen LogP contribution in [0.5, 0.6) is 11.5 Å². The Bertz CT molecular complexity index is 1400. The molecule has 4 rings (SSSR count). The maximum atomic E-state index is 13.4. The van der Waals surface area contributed by atoms with Crippen LogP contribution in [0.3, 0.4) is 0 Å². The Balaban J connectivity index is 1.92. The molecule has 0 aliphatic carbocycles. The van der Waals surface area contributed by atoms with E-state index in [9.17, 15) is 4.79 Å². The Hall–Kier alpha value is -3.94. The lowest BCUT2D eigenvalue weighted by molar-refractivity contribution is 0.0544. The van der Waals surface area contributed by atoms with E-state index in [-0.39, 0.29) is 0 Å². The zero-order chi connectivity index (χ0) is 25.5. The van der Waals surface area contributed by atoms with Crippen LogP contribution >= 0.6 is 0 Å². The summed E-state index contributed by atoms with van der Waals surface area (Å²) in [6.45, 7) is 9.53. The van der Waals surface area contributed by atoms with Crippen molar-refractivity contribution >= 4 is 28.8 Å². The Morgan fingerprint density at radius 3 is 2.26 bits per heavy atom. The van der Waals surface area contributed by atoms with Gasteiger partial charge in [-0.05, 0) is 64.5 Å². The van der Waals surface area contributed by atoms with Gasteiger partial charge in [-0.2, -0.15) is 0 Å². The molecule has 8 heteroatoms. The van der Waals surface area contributed by atoms with Crippen LogP contribution in [-0.4, -0.2) is 48.3 Å². The fourth-order valence-corrected chi connectivity index (χ4v) is 4.08. The van der Waals surface area contributed by atoms with Crippen LogP contribution in [0.1, 0.15) is 43.4 Å². The third-order valence-corrected chi connectivity index (χ3v) is 5.60. The van der Waals surface area contributed by atoms with E-state index in [1.54, 1.807) is 27.4 Å². The van der Waals surface area contributed by atoms with Gasteiger partial charge in [0, 0.05) is 28.9 Å². The molecule has 0 unspecified atom stereocenters. The fraction of sp³-hybridized carbons (Fsp3) is 0.333. The van der Waals surface area contributed by atoms with Crippen molar-refractivity contribution in [3.05, 3.63) is 64.4 Å². The molecule has 3 aromatic rings. The quantitative estimate of drug-likeness (QED) is 0.505. The molecule has 35 heavy (non-hydrogen) atoms. The lowest BCUT2D eigenvalue weighted by atomic mass is 10.2. The molecule has 1 aliphatic rings. The average molecular weight is 478 g/mol. The SMILES string of the molecule is COC1=CC(c2cc3cc(OC)c(OC)cc3n2C(=O)OC(C)(C)C)=NC1=Cc1[nH]c(C)cc1C. The number of aromatic amines is 1. The molecule has 2 aromatic heterocycles. The van der Waals surface area contributed by atoms with Crippen molar-refractivity contribution in [2.24, 2.45) is 4.99 Å². The van der Waals surface area contributed by atoms with E-state index >= 15 is 0 Å². The normalized spacial score (nSPS) is 14.8.